The molecule has 144 valence electrons. The van der Waals surface area contributed by atoms with Crippen molar-refractivity contribution in [2.45, 2.75) is 18.9 Å². The molecule has 3 aromatic carbocycles. The topological polar surface area (TPSA) is 6.48 Å². The van der Waals surface area contributed by atoms with Gasteiger partial charge in [-0.05, 0) is 29.7 Å². The Bertz CT molecular complexity index is 769. The summed E-state index contributed by atoms with van der Waals surface area (Å²) in [5.41, 5.74) is 4.27. The zero-order valence-corrected chi connectivity index (χ0v) is 16.6. The SMILES string of the molecule is c1ccc(CN2CCN(CCC(c3ccccc3)c3ccccc3)CC2)cc1. The van der Waals surface area contributed by atoms with E-state index in [1.54, 1.807) is 0 Å². The van der Waals surface area contributed by atoms with Crippen LogP contribution in [0.1, 0.15) is 29.0 Å². The molecule has 2 heteroatoms. The highest BCUT2D eigenvalue weighted by Gasteiger charge is 2.19. The summed E-state index contributed by atoms with van der Waals surface area (Å²) in [5, 5.41) is 0. The van der Waals surface area contributed by atoms with Crippen LogP contribution in [0, 0.1) is 0 Å². The third-order valence-corrected chi connectivity index (χ3v) is 5.85. The van der Waals surface area contributed by atoms with Gasteiger partial charge >= 0.3 is 0 Å². The molecule has 0 aliphatic carbocycles. The predicted molar refractivity (Wildman–Crippen MR) is 118 cm³/mol. The minimum absolute atomic E-state index is 0.477. The van der Waals surface area contributed by atoms with Gasteiger partial charge in [0.15, 0.2) is 0 Å². The molecule has 1 aliphatic heterocycles. The van der Waals surface area contributed by atoms with E-state index in [4.69, 9.17) is 0 Å². The Labute approximate surface area is 169 Å². The van der Waals surface area contributed by atoms with Crippen molar-refractivity contribution in [3.05, 3.63) is 108 Å². The largest absolute Gasteiger partial charge is 0.301 e. The lowest BCUT2D eigenvalue weighted by Crippen LogP contribution is -2.46. The molecule has 4 rings (SSSR count). The Morgan fingerprint density at radius 1 is 0.571 bits per heavy atom. The third-order valence-electron chi connectivity index (χ3n) is 5.85. The molecule has 0 spiro atoms. The minimum atomic E-state index is 0.477. The Kier molecular flexibility index (Phi) is 6.54. The van der Waals surface area contributed by atoms with Gasteiger partial charge in [-0.1, -0.05) is 91.0 Å². The van der Waals surface area contributed by atoms with Crippen LogP contribution in [0.4, 0.5) is 0 Å². The first-order valence-electron chi connectivity index (χ1n) is 10.5. The summed E-state index contributed by atoms with van der Waals surface area (Å²) in [5.74, 6) is 0.477. The maximum atomic E-state index is 2.64. The van der Waals surface area contributed by atoms with Crippen molar-refractivity contribution in [3.63, 3.8) is 0 Å². The van der Waals surface area contributed by atoms with E-state index in [1.807, 2.05) is 0 Å². The van der Waals surface area contributed by atoms with E-state index >= 15 is 0 Å². The normalized spacial score (nSPS) is 15.8. The smallest absolute Gasteiger partial charge is 0.0234 e. The quantitative estimate of drug-likeness (QED) is 0.576. The monoisotopic (exact) mass is 370 g/mol. The van der Waals surface area contributed by atoms with Crippen molar-refractivity contribution in [3.8, 4) is 0 Å². The van der Waals surface area contributed by atoms with Crippen molar-refractivity contribution >= 4 is 0 Å². The molecular weight excluding hydrogens is 340 g/mol. The molecule has 0 amide bonds. The van der Waals surface area contributed by atoms with E-state index in [2.05, 4.69) is 101 Å². The fourth-order valence-corrected chi connectivity index (χ4v) is 4.22. The minimum Gasteiger partial charge on any atom is -0.301 e. The zero-order valence-electron chi connectivity index (χ0n) is 16.6. The van der Waals surface area contributed by atoms with Crippen molar-refractivity contribution in [1.82, 2.24) is 9.80 Å². The molecule has 0 aromatic heterocycles. The van der Waals surface area contributed by atoms with Gasteiger partial charge in [0.25, 0.3) is 0 Å². The number of nitrogens with zero attached hydrogens (tertiary/aromatic N) is 2. The molecule has 1 heterocycles. The average Bonchev–Trinajstić information content (AvgIpc) is 2.77. The third kappa shape index (κ3) is 5.09. The van der Waals surface area contributed by atoms with Crippen LogP contribution in [-0.2, 0) is 6.54 Å². The van der Waals surface area contributed by atoms with Crippen LogP contribution in [0.5, 0.6) is 0 Å². The first-order chi connectivity index (χ1) is 13.9. The summed E-state index contributed by atoms with van der Waals surface area (Å²) in [4.78, 5) is 5.22. The predicted octanol–water partition coefficient (Wildman–Crippen LogP) is 5.03. The lowest BCUT2D eigenvalue weighted by atomic mass is 9.88. The Morgan fingerprint density at radius 2 is 1.04 bits per heavy atom. The van der Waals surface area contributed by atoms with E-state index in [9.17, 15) is 0 Å². The van der Waals surface area contributed by atoms with Gasteiger partial charge in [0.2, 0.25) is 0 Å². The maximum absolute atomic E-state index is 2.64. The molecule has 1 aliphatic rings. The van der Waals surface area contributed by atoms with Crippen LogP contribution in [0.3, 0.4) is 0 Å². The van der Waals surface area contributed by atoms with Crippen LogP contribution >= 0.6 is 0 Å². The first kappa shape index (κ1) is 18.9. The van der Waals surface area contributed by atoms with E-state index < -0.39 is 0 Å². The highest BCUT2D eigenvalue weighted by atomic mass is 15.3. The van der Waals surface area contributed by atoms with Crippen LogP contribution in [0.15, 0.2) is 91.0 Å². The number of piperazine rings is 1. The summed E-state index contributed by atoms with van der Waals surface area (Å²) < 4.78 is 0. The van der Waals surface area contributed by atoms with Gasteiger partial charge in [0, 0.05) is 38.6 Å². The Hall–Kier alpha value is -2.42. The van der Waals surface area contributed by atoms with Gasteiger partial charge in [0.05, 0.1) is 0 Å². The second kappa shape index (κ2) is 9.68. The maximum Gasteiger partial charge on any atom is 0.0234 e. The molecule has 1 saturated heterocycles. The fourth-order valence-electron chi connectivity index (χ4n) is 4.22. The highest BCUT2D eigenvalue weighted by Crippen LogP contribution is 2.28. The summed E-state index contributed by atoms with van der Waals surface area (Å²) >= 11 is 0. The molecule has 0 N–H and O–H groups in total. The molecular formula is C26H30N2. The molecule has 0 bridgehead atoms. The summed E-state index contributed by atoms with van der Waals surface area (Å²) in [7, 11) is 0. The van der Waals surface area contributed by atoms with Crippen LogP contribution in [-0.4, -0.2) is 42.5 Å². The molecule has 0 unspecified atom stereocenters. The average molecular weight is 371 g/mol. The lowest BCUT2D eigenvalue weighted by Gasteiger charge is -2.35. The Morgan fingerprint density at radius 3 is 1.57 bits per heavy atom. The van der Waals surface area contributed by atoms with Crippen molar-refractivity contribution < 1.29 is 0 Å². The highest BCUT2D eigenvalue weighted by molar-refractivity contribution is 5.32. The molecule has 2 nitrogen and oxygen atoms in total. The van der Waals surface area contributed by atoms with Gasteiger partial charge in [-0.25, -0.2) is 0 Å². The van der Waals surface area contributed by atoms with Crippen LogP contribution in [0.2, 0.25) is 0 Å². The van der Waals surface area contributed by atoms with E-state index in [1.165, 1.54) is 36.2 Å². The molecule has 1 fully saturated rings. The first-order valence-corrected chi connectivity index (χ1v) is 10.5. The van der Waals surface area contributed by atoms with E-state index in [-0.39, 0.29) is 0 Å². The summed E-state index contributed by atoms with van der Waals surface area (Å²) in [6, 6.07) is 32.8. The van der Waals surface area contributed by atoms with Crippen molar-refractivity contribution in [1.29, 1.82) is 0 Å². The van der Waals surface area contributed by atoms with E-state index in [0.29, 0.717) is 5.92 Å². The van der Waals surface area contributed by atoms with E-state index in [0.717, 1.165) is 26.2 Å². The number of rotatable bonds is 7. The van der Waals surface area contributed by atoms with Crippen molar-refractivity contribution in [2.24, 2.45) is 0 Å². The van der Waals surface area contributed by atoms with Gasteiger partial charge < -0.3 is 4.90 Å². The lowest BCUT2D eigenvalue weighted by molar-refractivity contribution is 0.125. The van der Waals surface area contributed by atoms with Gasteiger partial charge in [0.1, 0.15) is 0 Å². The fraction of sp³-hybridized carbons (Fsp3) is 0.308. The van der Waals surface area contributed by atoms with Gasteiger partial charge in [-0.3, -0.25) is 4.90 Å². The van der Waals surface area contributed by atoms with Crippen molar-refractivity contribution in [2.75, 3.05) is 32.7 Å². The molecule has 28 heavy (non-hydrogen) atoms. The summed E-state index contributed by atoms with van der Waals surface area (Å²) in [6.07, 6.45) is 1.17. The molecule has 0 radical (unpaired) electrons. The van der Waals surface area contributed by atoms with Gasteiger partial charge in [-0.15, -0.1) is 0 Å². The zero-order chi connectivity index (χ0) is 19.0. The summed E-state index contributed by atoms with van der Waals surface area (Å²) in [6.45, 7) is 6.90. The molecule has 0 saturated carbocycles. The molecule has 0 atom stereocenters. The van der Waals surface area contributed by atoms with Crippen LogP contribution < -0.4 is 0 Å². The number of hydrogen-bond acceptors (Lipinski definition) is 2. The van der Waals surface area contributed by atoms with Gasteiger partial charge in [-0.2, -0.15) is 0 Å². The second-order valence-corrected chi connectivity index (χ2v) is 7.77. The molecule has 3 aromatic rings. The number of hydrogen-bond donors (Lipinski definition) is 0. The Balaban J connectivity index is 1.33. The second-order valence-electron chi connectivity index (χ2n) is 7.77. The number of benzene rings is 3. The van der Waals surface area contributed by atoms with Crippen LogP contribution in [0.25, 0.3) is 0 Å². The standard InChI is InChI=1S/C26H30N2/c1-4-10-23(11-5-1)22-28-20-18-27(19-21-28)17-16-26(24-12-6-2-7-13-24)25-14-8-3-9-15-25/h1-15,26H,16-22H2.